The van der Waals surface area contributed by atoms with E-state index in [1.54, 1.807) is 24.3 Å². The summed E-state index contributed by atoms with van der Waals surface area (Å²) in [5.41, 5.74) is 0.907. The van der Waals surface area contributed by atoms with Gasteiger partial charge >= 0.3 is 0 Å². The van der Waals surface area contributed by atoms with E-state index in [-0.39, 0.29) is 16.6 Å². The molecular formula is C14H9BrF2N2. The van der Waals surface area contributed by atoms with Crippen molar-refractivity contribution in [1.82, 2.24) is 0 Å². The molecule has 0 heterocycles. The van der Waals surface area contributed by atoms with Gasteiger partial charge in [-0.3, -0.25) is 0 Å². The summed E-state index contributed by atoms with van der Waals surface area (Å²) in [6.45, 7) is -0.0319. The summed E-state index contributed by atoms with van der Waals surface area (Å²) < 4.78 is 27.5. The van der Waals surface area contributed by atoms with Crippen molar-refractivity contribution < 1.29 is 8.78 Å². The average Bonchev–Trinajstić information content (AvgIpc) is 2.43. The minimum absolute atomic E-state index is 0.0319. The molecule has 0 aliphatic heterocycles. The van der Waals surface area contributed by atoms with E-state index < -0.39 is 11.6 Å². The highest BCUT2D eigenvalue weighted by Gasteiger charge is 2.12. The molecule has 1 N–H and O–H groups in total. The Morgan fingerprint density at radius 2 is 1.89 bits per heavy atom. The number of hydrogen-bond donors (Lipinski definition) is 1. The summed E-state index contributed by atoms with van der Waals surface area (Å²) >= 11 is 3.01. The Morgan fingerprint density at radius 3 is 2.63 bits per heavy atom. The van der Waals surface area contributed by atoms with Gasteiger partial charge in [-0.25, -0.2) is 8.78 Å². The molecule has 0 radical (unpaired) electrons. The van der Waals surface area contributed by atoms with Gasteiger partial charge in [-0.05, 0) is 40.2 Å². The van der Waals surface area contributed by atoms with Crippen LogP contribution in [0.4, 0.5) is 14.5 Å². The molecule has 2 nitrogen and oxygen atoms in total. The Kier molecular flexibility index (Phi) is 4.13. The zero-order valence-electron chi connectivity index (χ0n) is 9.75. The van der Waals surface area contributed by atoms with E-state index in [4.69, 9.17) is 5.26 Å². The SMILES string of the molecule is N#Cc1ccccc1NCc1c(F)ccc(Br)c1F. The molecule has 0 aliphatic carbocycles. The molecular weight excluding hydrogens is 314 g/mol. The largest absolute Gasteiger partial charge is 0.380 e. The second-order valence-corrected chi connectivity index (χ2v) is 4.69. The van der Waals surface area contributed by atoms with Crippen molar-refractivity contribution in [1.29, 1.82) is 5.26 Å². The number of anilines is 1. The molecule has 0 atom stereocenters. The maximum Gasteiger partial charge on any atom is 0.145 e. The number of para-hydroxylation sites is 1. The van der Waals surface area contributed by atoms with E-state index in [9.17, 15) is 8.78 Å². The number of nitrogens with one attached hydrogen (secondary N) is 1. The minimum Gasteiger partial charge on any atom is -0.380 e. The molecule has 19 heavy (non-hydrogen) atoms. The van der Waals surface area contributed by atoms with Gasteiger partial charge in [0.1, 0.15) is 17.7 Å². The summed E-state index contributed by atoms with van der Waals surface area (Å²) in [6, 6.07) is 11.3. The third-order valence-electron chi connectivity index (χ3n) is 2.64. The van der Waals surface area contributed by atoms with Gasteiger partial charge in [-0.15, -0.1) is 0 Å². The Balaban J connectivity index is 2.25. The molecule has 2 aromatic carbocycles. The lowest BCUT2D eigenvalue weighted by atomic mass is 10.1. The number of rotatable bonds is 3. The maximum absolute atomic E-state index is 13.8. The van der Waals surface area contributed by atoms with Gasteiger partial charge in [0.05, 0.1) is 15.7 Å². The topological polar surface area (TPSA) is 35.8 Å². The van der Waals surface area contributed by atoms with Crippen LogP contribution in [-0.4, -0.2) is 0 Å². The predicted molar refractivity (Wildman–Crippen MR) is 72.5 cm³/mol. The summed E-state index contributed by atoms with van der Waals surface area (Å²) in [5.74, 6) is -1.26. The molecule has 0 saturated heterocycles. The molecule has 0 spiro atoms. The Bertz CT molecular complexity index is 650. The normalized spacial score (nSPS) is 10.0. The highest BCUT2D eigenvalue weighted by atomic mass is 79.9. The molecule has 0 fully saturated rings. The molecule has 2 rings (SSSR count). The van der Waals surface area contributed by atoms with Crippen LogP contribution in [0.25, 0.3) is 0 Å². The van der Waals surface area contributed by atoms with Crippen LogP contribution in [0.2, 0.25) is 0 Å². The number of benzene rings is 2. The number of nitrogens with zero attached hydrogens (tertiary/aromatic N) is 1. The smallest absolute Gasteiger partial charge is 0.145 e. The summed E-state index contributed by atoms with van der Waals surface area (Å²) in [6.07, 6.45) is 0. The third kappa shape index (κ3) is 2.91. The van der Waals surface area contributed by atoms with Gasteiger partial charge in [-0.1, -0.05) is 12.1 Å². The van der Waals surface area contributed by atoms with Crippen molar-refractivity contribution in [2.45, 2.75) is 6.54 Å². The van der Waals surface area contributed by atoms with Crippen LogP contribution in [0.1, 0.15) is 11.1 Å². The highest BCUT2D eigenvalue weighted by Crippen LogP contribution is 2.23. The van der Waals surface area contributed by atoms with Crippen molar-refractivity contribution in [2.75, 3.05) is 5.32 Å². The fourth-order valence-corrected chi connectivity index (χ4v) is 2.02. The monoisotopic (exact) mass is 322 g/mol. The molecule has 0 saturated carbocycles. The van der Waals surface area contributed by atoms with Crippen LogP contribution in [0.3, 0.4) is 0 Å². The predicted octanol–water partition coefficient (Wildman–Crippen LogP) is 4.21. The lowest BCUT2D eigenvalue weighted by molar-refractivity contribution is 0.555. The summed E-state index contributed by atoms with van der Waals surface area (Å²) in [7, 11) is 0. The first-order valence-corrected chi connectivity index (χ1v) is 6.28. The second kappa shape index (κ2) is 5.81. The molecule has 2 aromatic rings. The number of hydrogen-bond acceptors (Lipinski definition) is 2. The minimum atomic E-state index is -0.637. The Morgan fingerprint density at radius 1 is 1.16 bits per heavy atom. The third-order valence-corrected chi connectivity index (χ3v) is 3.25. The first kappa shape index (κ1) is 13.5. The summed E-state index contributed by atoms with van der Waals surface area (Å²) in [5, 5.41) is 11.8. The van der Waals surface area contributed by atoms with Crippen LogP contribution in [0.15, 0.2) is 40.9 Å². The molecule has 0 aromatic heterocycles. The van der Waals surface area contributed by atoms with Crippen molar-refractivity contribution in [3.05, 3.63) is 63.6 Å². The van der Waals surface area contributed by atoms with Gasteiger partial charge in [0, 0.05) is 12.1 Å². The first-order chi connectivity index (χ1) is 9.13. The van der Waals surface area contributed by atoms with Crippen LogP contribution in [-0.2, 0) is 6.54 Å². The van der Waals surface area contributed by atoms with Crippen LogP contribution >= 0.6 is 15.9 Å². The van der Waals surface area contributed by atoms with Crippen LogP contribution < -0.4 is 5.32 Å². The zero-order valence-corrected chi connectivity index (χ0v) is 11.3. The van der Waals surface area contributed by atoms with Crippen LogP contribution in [0.5, 0.6) is 0 Å². The molecule has 96 valence electrons. The fraction of sp³-hybridized carbons (Fsp3) is 0.0714. The van der Waals surface area contributed by atoms with Crippen molar-refractivity contribution >= 4 is 21.6 Å². The molecule has 0 unspecified atom stereocenters. The number of nitriles is 1. The van der Waals surface area contributed by atoms with E-state index in [1.165, 1.54) is 12.1 Å². The maximum atomic E-state index is 13.8. The summed E-state index contributed by atoms with van der Waals surface area (Å²) in [4.78, 5) is 0. The van der Waals surface area contributed by atoms with E-state index in [2.05, 4.69) is 21.2 Å². The Labute approximate surface area is 117 Å². The van der Waals surface area contributed by atoms with Crippen molar-refractivity contribution in [3.8, 4) is 6.07 Å². The fourth-order valence-electron chi connectivity index (χ4n) is 1.65. The van der Waals surface area contributed by atoms with Gasteiger partial charge in [-0.2, -0.15) is 5.26 Å². The van der Waals surface area contributed by atoms with Gasteiger partial charge in [0.2, 0.25) is 0 Å². The molecule has 5 heteroatoms. The van der Waals surface area contributed by atoms with Gasteiger partial charge < -0.3 is 5.32 Å². The molecule has 0 bridgehead atoms. The lowest BCUT2D eigenvalue weighted by Gasteiger charge is -2.10. The van der Waals surface area contributed by atoms with E-state index in [0.717, 1.165) is 0 Å². The standard InChI is InChI=1S/C14H9BrF2N2/c15-11-5-6-12(16)10(14(11)17)8-19-13-4-2-1-3-9(13)7-18/h1-6,19H,8H2. The highest BCUT2D eigenvalue weighted by molar-refractivity contribution is 9.10. The second-order valence-electron chi connectivity index (χ2n) is 3.83. The Hall–Kier alpha value is -1.93. The van der Waals surface area contributed by atoms with E-state index in [1.807, 2.05) is 6.07 Å². The quantitative estimate of drug-likeness (QED) is 0.859. The molecule has 0 amide bonds. The van der Waals surface area contributed by atoms with Gasteiger partial charge in [0.25, 0.3) is 0 Å². The van der Waals surface area contributed by atoms with Gasteiger partial charge in [0.15, 0.2) is 0 Å². The van der Waals surface area contributed by atoms with Crippen molar-refractivity contribution in [3.63, 3.8) is 0 Å². The molecule has 0 aliphatic rings. The van der Waals surface area contributed by atoms with Crippen molar-refractivity contribution in [2.24, 2.45) is 0 Å². The van der Waals surface area contributed by atoms with Crippen LogP contribution in [0, 0.1) is 23.0 Å². The zero-order chi connectivity index (χ0) is 13.8. The average molecular weight is 323 g/mol. The van der Waals surface area contributed by atoms with E-state index in [0.29, 0.717) is 11.3 Å². The number of halogens is 3. The lowest BCUT2D eigenvalue weighted by Crippen LogP contribution is -2.06. The van der Waals surface area contributed by atoms with E-state index >= 15 is 0 Å². The first-order valence-electron chi connectivity index (χ1n) is 5.49.